The summed E-state index contributed by atoms with van der Waals surface area (Å²) >= 11 is 5.90. The molecular formula is C13H18ClNO2. The molecule has 1 rings (SSSR count). The number of hydrogen-bond acceptors (Lipinski definition) is 2. The summed E-state index contributed by atoms with van der Waals surface area (Å²) in [5.74, 6) is 0.501. The zero-order valence-electron chi connectivity index (χ0n) is 10.5. The fraction of sp³-hybridized carbons (Fsp3) is 0.462. The molecule has 0 aliphatic carbocycles. The lowest BCUT2D eigenvalue weighted by molar-refractivity contribution is 0.0790. The lowest BCUT2D eigenvalue weighted by atomic mass is 10.1. The number of carbonyl (C=O) groups excluding carboxylic acids is 1. The zero-order chi connectivity index (χ0) is 12.8. The number of unbranched alkanes of at least 4 members (excludes halogenated alkanes) is 1. The van der Waals surface area contributed by atoms with E-state index in [9.17, 15) is 4.79 Å². The van der Waals surface area contributed by atoms with Crippen molar-refractivity contribution in [2.75, 3.05) is 20.7 Å². The highest BCUT2D eigenvalue weighted by atomic mass is 35.5. The lowest BCUT2D eigenvalue weighted by Crippen LogP contribution is -2.28. The van der Waals surface area contributed by atoms with E-state index in [1.165, 1.54) is 0 Å². The van der Waals surface area contributed by atoms with Crippen LogP contribution in [0.4, 0.5) is 0 Å². The number of amides is 1. The van der Waals surface area contributed by atoms with E-state index in [2.05, 4.69) is 6.92 Å². The van der Waals surface area contributed by atoms with Crippen LogP contribution in [0.5, 0.6) is 5.75 Å². The lowest BCUT2D eigenvalue weighted by Gasteiger charge is -2.18. The van der Waals surface area contributed by atoms with Crippen LogP contribution in [0, 0.1) is 0 Å². The van der Waals surface area contributed by atoms with Crippen LogP contribution in [-0.4, -0.2) is 31.5 Å². The van der Waals surface area contributed by atoms with Crippen molar-refractivity contribution in [3.63, 3.8) is 0 Å². The van der Waals surface area contributed by atoms with Crippen LogP contribution in [-0.2, 0) is 0 Å². The Morgan fingerprint density at radius 3 is 2.76 bits per heavy atom. The number of ether oxygens (including phenoxy) is 1. The Bertz CT molecular complexity index is 393. The van der Waals surface area contributed by atoms with Crippen molar-refractivity contribution in [1.29, 1.82) is 0 Å². The van der Waals surface area contributed by atoms with E-state index < -0.39 is 0 Å². The van der Waals surface area contributed by atoms with Gasteiger partial charge in [0.2, 0.25) is 0 Å². The molecule has 0 aliphatic heterocycles. The molecule has 1 aromatic rings. The molecule has 1 aromatic carbocycles. The van der Waals surface area contributed by atoms with Gasteiger partial charge in [0.05, 0.1) is 12.7 Å². The van der Waals surface area contributed by atoms with Crippen LogP contribution in [0.1, 0.15) is 30.1 Å². The molecule has 0 saturated carbocycles. The van der Waals surface area contributed by atoms with Gasteiger partial charge in [0.1, 0.15) is 5.75 Å². The summed E-state index contributed by atoms with van der Waals surface area (Å²) in [6, 6.07) is 5.07. The summed E-state index contributed by atoms with van der Waals surface area (Å²) in [7, 11) is 3.34. The smallest absolute Gasteiger partial charge is 0.257 e. The van der Waals surface area contributed by atoms with Gasteiger partial charge in [0.25, 0.3) is 5.91 Å². The van der Waals surface area contributed by atoms with Crippen molar-refractivity contribution >= 4 is 17.5 Å². The predicted molar refractivity (Wildman–Crippen MR) is 69.9 cm³/mol. The molecule has 0 atom stereocenters. The van der Waals surface area contributed by atoms with Gasteiger partial charge < -0.3 is 9.64 Å². The monoisotopic (exact) mass is 255 g/mol. The highest BCUT2D eigenvalue weighted by Gasteiger charge is 2.16. The fourth-order valence-electron chi connectivity index (χ4n) is 1.55. The van der Waals surface area contributed by atoms with Crippen molar-refractivity contribution in [1.82, 2.24) is 4.90 Å². The molecule has 0 aromatic heterocycles. The molecule has 1 amide bonds. The average molecular weight is 256 g/mol. The molecule has 0 bridgehead atoms. The Morgan fingerprint density at radius 2 is 2.18 bits per heavy atom. The van der Waals surface area contributed by atoms with Crippen LogP contribution >= 0.6 is 11.6 Å². The third kappa shape index (κ3) is 3.63. The second kappa shape index (κ2) is 6.50. The molecule has 0 aliphatic rings. The van der Waals surface area contributed by atoms with Crippen LogP contribution < -0.4 is 4.74 Å². The largest absolute Gasteiger partial charge is 0.496 e. The number of rotatable bonds is 5. The van der Waals surface area contributed by atoms with E-state index in [1.54, 1.807) is 37.3 Å². The van der Waals surface area contributed by atoms with E-state index >= 15 is 0 Å². The van der Waals surface area contributed by atoms with Crippen molar-refractivity contribution in [2.24, 2.45) is 0 Å². The number of hydrogen-bond donors (Lipinski definition) is 0. The Hall–Kier alpha value is -1.22. The molecule has 4 heteroatoms. The van der Waals surface area contributed by atoms with E-state index in [1.807, 2.05) is 0 Å². The van der Waals surface area contributed by atoms with Gasteiger partial charge in [0.15, 0.2) is 0 Å². The minimum absolute atomic E-state index is 0.0576. The number of carbonyl (C=O) groups is 1. The van der Waals surface area contributed by atoms with Gasteiger partial charge in [-0.15, -0.1) is 0 Å². The summed E-state index contributed by atoms with van der Waals surface area (Å²) in [5, 5.41) is 0.540. The minimum atomic E-state index is -0.0576. The van der Waals surface area contributed by atoms with Gasteiger partial charge in [-0.1, -0.05) is 24.9 Å². The van der Waals surface area contributed by atoms with Crippen LogP contribution in [0.15, 0.2) is 18.2 Å². The first-order chi connectivity index (χ1) is 8.10. The Labute approximate surface area is 107 Å². The van der Waals surface area contributed by atoms with Gasteiger partial charge in [-0.3, -0.25) is 4.79 Å². The van der Waals surface area contributed by atoms with E-state index in [-0.39, 0.29) is 5.91 Å². The molecule has 3 nitrogen and oxygen atoms in total. The normalized spacial score (nSPS) is 10.1. The Kier molecular flexibility index (Phi) is 5.29. The first-order valence-corrected chi connectivity index (χ1v) is 6.07. The first kappa shape index (κ1) is 13.8. The molecule has 0 fully saturated rings. The Balaban J connectivity index is 2.90. The van der Waals surface area contributed by atoms with Crippen molar-refractivity contribution in [3.05, 3.63) is 28.8 Å². The zero-order valence-corrected chi connectivity index (χ0v) is 11.3. The second-order valence-electron chi connectivity index (χ2n) is 3.92. The number of methoxy groups -OCH3 is 1. The standard InChI is InChI=1S/C13H18ClNO2/c1-4-5-8-15(2)13(16)11-9-10(14)6-7-12(11)17-3/h6-7,9H,4-5,8H2,1-3H3. The third-order valence-electron chi connectivity index (χ3n) is 2.59. The van der Waals surface area contributed by atoms with E-state index in [0.29, 0.717) is 16.3 Å². The number of halogens is 1. The average Bonchev–Trinajstić information content (AvgIpc) is 2.34. The van der Waals surface area contributed by atoms with Crippen molar-refractivity contribution < 1.29 is 9.53 Å². The maximum Gasteiger partial charge on any atom is 0.257 e. The maximum absolute atomic E-state index is 12.2. The summed E-state index contributed by atoms with van der Waals surface area (Å²) in [5.41, 5.74) is 0.513. The summed E-state index contributed by atoms with van der Waals surface area (Å²) in [6.07, 6.45) is 2.05. The number of benzene rings is 1. The van der Waals surface area contributed by atoms with Crippen LogP contribution in [0.25, 0.3) is 0 Å². The van der Waals surface area contributed by atoms with Gasteiger partial charge in [0, 0.05) is 18.6 Å². The molecule has 17 heavy (non-hydrogen) atoms. The molecule has 0 radical (unpaired) electrons. The van der Waals surface area contributed by atoms with E-state index in [4.69, 9.17) is 16.3 Å². The first-order valence-electron chi connectivity index (χ1n) is 5.69. The molecule has 0 N–H and O–H groups in total. The van der Waals surface area contributed by atoms with Gasteiger partial charge in [-0.05, 0) is 24.6 Å². The minimum Gasteiger partial charge on any atom is -0.496 e. The highest BCUT2D eigenvalue weighted by molar-refractivity contribution is 6.31. The number of nitrogens with zero attached hydrogens (tertiary/aromatic N) is 1. The third-order valence-corrected chi connectivity index (χ3v) is 2.82. The molecular weight excluding hydrogens is 238 g/mol. The maximum atomic E-state index is 12.2. The fourth-order valence-corrected chi connectivity index (χ4v) is 1.72. The highest BCUT2D eigenvalue weighted by Crippen LogP contribution is 2.23. The molecule has 0 spiro atoms. The summed E-state index contributed by atoms with van der Waals surface area (Å²) in [6.45, 7) is 2.84. The Morgan fingerprint density at radius 1 is 1.47 bits per heavy atom. The topological polar surface area (TPSA) is 29.5 Å². The molecule has 94 valence electrons. The van der Waals surface area contributed by atoms with Crippen LogP contribution in [0.3, 0.4) is 0 Å². The second-order valence-corrected chi connectivity index (χ2v) is 4.36. The summed E-state index contributed by atoms with van der Waals surface area (Å²) < 4.78 is 5.17. The van der Waals surface area contributed by atoms with Crippen LogP contribution in [0.2, 0.25) is 5.02 Å². The van der Waals surface area contributed by atoms with Crippen molar-refractivity contribution in [2.45, 2.75) is 19.8 Å². The molecule has 0 heterocycles. The van der Waals surface area contributed by atoms with E-state index in [0.717, 1.165) is 19.4 Å². The van der Waals surface area contributed by atoms with Gasteiger partial charge >= 0.3 is 0 Å². The van der Waals surface area contributed by atoms with Gasteiger partial charge in [-0.25, -0.2) is 0 Å². The predicted octanol–water partition coefficient (Wildman–Crippen LogP) is 3.22. The van der Waals surface area contributed by atoms with Crippen molar-refractivity contribution in [3.8, 4) is 5.75 Å². The van der Waals surface area contributed by atoms with Gasteiger partial charge in [-0.2, -0.15) is 0 Å². The SMILES string of the molecule is CCCCN(C)C(=O)c1cc(Cl)ccc1OC. The summed E-state index contributed by atoms with van der Waals surface area (Å²) in [4.78, 5) is 13.9. The quantitative estimate of drug-likeness (QED) is 0.809. The molecule has 0 unspecified atom stereocenters. The molecule has 0 saturated heterocycles.